The molecule has 0 spiro atoms. The van der Waals surface area contributed by atoms with E-state index in [-0.39, 0.29) is 116 Å². The SMILES string of the molecule is CCCCCC(C)OC(=O)COc1ccc(Cl)c2cccnc12.COC(=O)c1ccc(I)cc1S(=O)(=O)[N-]C(=O)Nc1nc(C)nc(OC)n1.Cc1nn(C)c(O)c1C(=O)c1ccc(C(F)(F)F)cc1S(C)(=O)=O.Cc1nn(C)c(O)c1C(=O)c1ccc(C(F)(F)F)cc1S(C)(=O)=O.Nc1cc(Cl)nc(C(=O)O)c1Cl.[Na+]. The van der Waals surface area contributed by atoms with Crippen molar-refractivity contribution in [2.45, 2.75) is 93.4 Å². The number of anilines is 2. The number of unbranched alkanes of at least 4 members (excludes halogenated alkanes) is 2. The molecule has 9 rings (SSSR count). The fraction of sp³-hybridized carbons (Fsp3) is 0.288. The van der Waals surface area contributed by atoms with Crippen molar-refractivity contribution >= 4 is 145 Å². The van der Waals surface area contributed by atoms with Gasteiger partial charge in [0.05, 0.1) is 78.8 Å². The summed E-state index contributed by atoms with van der Waals surface area (Å²) in [6.07, 6.45) is -2.27. The number of nitrogens with zero attached hydrogens (tertiary/aromatic N) is 10. The molecule has 0 radical (unpaired) electrons. The topological polar surface area (TPSA) is 455 Å². The van der Waals surface area contributed by atoms with Crippen LogP contribution in [0.5, 0.6) is 23.5 Å². The van der Waals surface area contributed by atoms with Crippen LogP contribution in [-0.2, 0) is 70.4 Å². The molecule has 592 valence electrons. The Morgan fingerprint density at radius 1 is 0.712 bits per heavy atom. The third-order valence-corrected chi connectivity index (χ3v) is 19.6. The molecule has 31 nitrogen and oxygen atoms in total. The minimum Gasteiger partial charge on any atom is -0.493 e. The van der Waals surface area contributed by atoms with Gasteiger partial charge in [-0.1, -0.05) is 54.6 Å². The molecule has 5 aromatic heterocycles. The Morgan fingerprint density at radius 3 is 1.69 bits per heavy atom. The van der Waals surface area contributed by atoms with Gasteiger partial charge in [-0.25, -0.2) is 59.0 Å². The third kappa shape index (κ3) is 26.0. The molecule has 1 atom stereocenters. The van der Waals surface area contributed by atoms with Gasteiger partial charge in [-0.05, 0) is 148 Å². The number of aromatic nitrogens is 9. The Bertz CT molecular complexity index is 5210. The molecule has 0 saturated carbocycles. The minimum atomic E-state index is -4.76. The number of esters is 2. The fourth-order valence-electron chi connectivity index (χ4n) is 9.37. The molecular weight excluding hydrogens is 1730 g/mol. The molecule has 0 aliphatic heterocycles. The summed E-state index contributed by atoms with van der Waals surface area (Å²) in [6, 6.07) is 14.7. The van der Waals surface area contributed by atoms with E-state index in [9.17, 15) is 90.6 Å². The number of hydrogen-bond donors (Lipinski definition) is 5. The molecule has 0 aliphatic rings. The average Bonchev–Trinajstić information content (AvgIpc) is 1.75. The van der Waals surface area contributed by atoms with E-state index in [0.717, 1.165) is 59.7 Å². The second kappa shape index (κ2) is 39.9. The van der Waals surface area contributed by atoms with Gasteiger partial charge in [-0.15, -0.1) is 0 Å². The molecule has 6 N–H and O–H groups in total. The number of carboxylic acid groups (broad SMARTS) is 1. The van der Waals surface area contributed by atoms with E-state index in [1.54, 1.807) is 18.3 Å². The summed E-state index contributed by atoms with van der Waals surface area (Å²) in [6.45, 7) is 8.28. The van der Waals surface area contributed by atoms with Gasteiger partial charge in [-0.2, -0.15) is 46.5 Å². The molecule has 9 aromatic rings. The van der Waals surface area contributed by atoms with Crippen LogP contribution in [0.25, 0.3) is 15.6 Å². The smallest absolute Gasteiger partial charge is 0.493 e. The number of carboxylic acids is 1. The van der Waals surface area contributed by atoms with E-state index in [0.29, 0.717) is 56.6 Å². The van der Waals surface area contributed by atoms with Crippen LogP contribution < -0.4 is 50.1 Å². The quantitative estimate of drug-likeness (QED) is 0.00901. The summed E-state index contributed by atoms with van der Waals surface area (Å²) in [5.41, 5.74) is 1.94. The predicted octanol–water partition coefficient (Wildman–Crippen LogP) is 9.50. The zero-order valence-corrected chi connectivity index (χ0v) is 69.1. The molecule has 0 aliphatic carbocycles. The minimum absolute atomic E-state index is 0. The Labute approximate surface area is 680 Å². The molecule has 1 unspecified atom stereocenters. The summed E-state index contributed by atoms with van der Waals surface area (Å²) < 4.78 is 175. The molecule has 45 heteroatoms. The molecule has 111 heavy (non-hydrogen) atoms. The van der Waals surface area contributed by atoms with Crippen LogP contribution >= 0.6 is 57.4 Å². The largest absolute Gasteiger partial charge is 1.00 e. The van der Waals surface area contributed by atoms with Crippen LogP contribution in [0.2, 0.25) is 15.2 Å². The van der Waals surface area contributed by atoms with Crippen LogP contribution in [0.15, 0.2) is 106 Å². The molecule has 0 bridgehead atoms. The number of nitrogen functional groups attached to an aromatic ring is 1. The summed E-state index contributed by atoms with van der Waals surface area (Å²) in [7, 11) is -7.59. The monoisotopic (exact) mass is 1790 g/mol. The van der Waals surface area contributed by atoms with Crippen molar-refractivity contribution in [1.29, 1.82) is 0 Å². The van der Waals surface area contributed by atoms with Gasteiger partial charge in [0.2, 0.25) is 33.3 Å². The van der Waals surface area contributed by atoms with Gasteiger partial charge in [0.15, 0.2) is 44.0 Å². The van der Waals surface area contributed by atoms with Crippen molar-refractivity contribution in [1.82, 2.24) is 44.5 Å². The van der Waals surface area contributed by atoms with Crippen LogP contribution in [0.1, 0.15) is 121 Å². The number of methoxy groups -OCH3 is 2. The number of aromatic carboxylic acids is 1. The zero-order chi connectivity index (χ0) is 83.0. The van der Waals surface area contributed by atoms with Crippen molar-refractivity contribution < 1.29 is 144 Å². The number of rotatable bonds is 20. The number of alkyl halides is 6. The number of amides is 2. The number of urea groups is 1. The number of fused-ring (bicyclic) bond motifs is 1. The van der Waals surface area contributed by atoms with Crippen LogP contribution in [0, 0.1) is 24.3 Å². The maximum atomic E-state index is 12.8. The second-order valence-electron chi connectivity index (χ2n) is 22.8. The van der Waals surface area contributed by atoms with Gasteiger partial charge in [0.1, 0.15) is 33.4 Å². The van der Waals surface area contributed by atoms with Crippen LogP contribution in [0.4, 0.5) is 42.8 Å². The molecular formula is C66H65Cl3F6IN12NaO19S3. The van der Waals surface area contributed by atoms with Crippen molar-refractivity contribution in [3.05, 3.63) is 176 Å². The first-order valence-corrected chi connectivity index (χ1v) is 38.4. The van der Waals surface area contributed by atoms with E-state index < -0.39 is 120 Å². The average molecular weight is 1800 g/mol. The maximum Gasteiger partial charge on any atom is 1.00 e. The number of hydrogen-bond acceptors (Lipinski definition) is 26. The summed E-state index contributed by atoms with van der Waals surface area (Å²) in [4.78, 5) is 88.5. The number of ketones is 2. The number of pyridine rings is 2. The van der Waals surface area contributed by atoms with Gasteiger partial charge in [0.25, 0.3) is 0 Å². The summed E-state index contributed by atoms with van der Waals surface area (Å²) in [5, 5.41) is 39.4. The summed E-state index contributed by atoms with van der Waals surface area (Å²) in [5.74, 6) is -4.82. The predicted molar refractivity (Wildman–Crippen MR) is 394 cm³/mol. The fourth-order valence-corrected chi connectivity index (χ4v) is 13.5. The van der Waals surface area contributed by atoms with E-state index in [1.165, 1.54) is 66.2 Å². The summed E-state index contributed by atoms with van der Waals surface area (Å²) >= 11 is 19.0. The number of carbonyl (C=O) groups excluding carboxylic acids is 5. The number of nitrogens with one attached hydrogen (secondary N) is 1. The molecule has 0 fully saturated rings. The van der Waals surface area contributed by atoms with Gasteiger partial charge in [-0.3, -0.25) is 19.4 Å². The first-order chi connectivity index (χ1) is 51.0. The zero-order valence-electron chi connectivity index (χ0n) is 60.2. The van der Waals surface area contributed by atoms with Gasteiger partial charge >= 0.3 is 65.8 Å². The van der Waals surface area contributed by atoms with Crippen molar-refractivity contribution in [2.24, 2.45) is 14.1 Å². The van der Waals surface area contributed by atoms with Crippen LogP contribution in [0.3, 0.4) is 0 Å². The van der Waals surface area contributed by atoms with E-state index >= 15 is 0 Å². The van der Waals surface area contributed by atoms with E-state index in [2.05, 4.69) is 56.8 Å². The first kappa shape index (κ1) is 94.3. The molecule has 0 saturated heterocycles. The van der Waals surface area contributed by atoms with Gasteiger partial charge in [0, 0.05) is 52.9 Å². The molecule has 4 aromatic carbocycles. The normalized spacial score (nSPS) is 11.6. The number of ether oxygens (including phenoxy) is 4. The molecule has 5 heterocycles. The van der Waals surface area contributed by atoms with Crippen molar-refractivity contribution in [2.75, 3.05) is 44.4 Å². The Morgan fingerprint density at radius 2 is 1.23 bits per heavy atom. The number of halogens is 10. The Kier molecular flexibility index (Phi) is 33.9. The Balaban J connectivity index is 0.000000297. The molecule has 2 amide bonds. The Hall–Kier alpha value is -9.08. The second-order valence-corrected chi connectivity index (χ2v) is 30.7. The standard InChI is InChI=1S/C18H22ClNO3.2C14H13F3N2O4S.C14H14IN5O6S.C6H4Cl2N2O2.Na/c1-3-4-5-7-13(2)23-17(21)12-22-16-10-9-15(19)14-8-6-11-20-18(14)16;2*1-7-11(13(21)19(2)18-7)12(20)9-5-4-8(14(15,16)17)6-10(9)24(3,22)23;1-7-16-12(19-14(17-7)26-3)18-13(22)20-27(23,24)10-6-8(15)4-5-9(10)11(21)25-2;7-3-1-2(9)4(8)5(10-3)6(11)12;/h6,8-11,13H,3-5,7,12H2,1-2H3;2*4-6,21H,1-3H3;4-6H,1-3H3,(H2,16,17,18,19,20,22);1H,(H2,9,10)(H,11,12);/q;;;;;+1/p-1. The van der Waals surface area contributed by atoms with Crippen molar-refractivity contribution in [3.8, 4) is 23.5 Å². The number of benzene rings is 4. The number of aromatic hydroxyl groups is 2. The number of sulfonamides is 1. The number of carbonyl (C=O) groups is 6. The van der Waals surface area contributed by atoms with Gasteiger partial charge < -0.3 is 50.0 Å². The van der Waals surface area contributed by atoms with E-state index in [4.69, 9.17) is 59.9 Å². The third-order valence-electron chi connectivity index (χ3n) is 14.4. The first-order valence-electron chi connectivity index (χ1n) is 31.0. The number of nitrogens with two attached hydrogens (primary N) is 1. The van der Waals surface area contributed by atoms with E-state index in [1.807, 2.05) is 41.6 Å². The number of sulfone groups is 2. The van der Waals surface area contributed by atoms with Crippen LogP contribution in [-0.4, -0.2) is 160 Å². The number of aryl methyl sites for hydroxylation is 5. The van der Waals surface area contributed by atoms with Crippen molar-refractivity contribution in [3.63, 3.8) is 0 Å². The maximum absolute atomic E-state index is 12.8.